The first-order valence-electron chi connectivity index (χ1n) is 8.20. The minimum atomic E-state index is -0.258. The normalized spacial score (nSPS) is 10.6. The average Bonchev–Trinajstić information content (AvgIpc) is 3.07. The predicted octanol–water partition coefficient (Wildman–Crippen LogP) is 4.87. The van der Waals surface area contributed by atoms with Gasteiger partial charge in [-0.1, -0.05) is 59.2 Å². The van der Waals surface area contributed by atoms with Gasteiger partial charge in [0.15, 0.2) is 11.0 Å². The van der Waals surface area contributed by atoms with Gasteiger partial charge in [-0.2, -0.15) is 0 Å². The van der Waals surface area contributed by atoms with Gasteiger partial charge in [-0.15, -0.1) is 16.8 Å². The Balaban J connectivity index is 1.75. The van der Waals surface area contributed by atoms with Crippen LogP contribution in [0, 0.1) is 0 Å². The topological polar surface area (TPSA) is 80.0 Å². The van der Waals surface area contributed by atoms with Crippen molar-refractivity contribution in [3.05, 3.63) is 65.2 Å². The number of para-hydroxylation sites is 1. The van der Waals surface area contributed by atoms with E-state index in [0.29, 0.717) is 38.8 Å². The molecule has 1 heterocycles. The van der Waals surface area contributed by atoms with Crippen LogP contribution in [0.4, 0.5) is 5.69 Å². The summed E-state index contributed by atoms with van der Waals surface area (Å²) in [6, 6.07) is 11.9. The third-order valence-corrected chi connectivity index (χ3v) is 5.52. The molecule has 0 fully saturated rings. The lowest BCUT2D eigenvalue weighted by Crippen LogP contribution is -2.15. The Hall–Kier alpha value is -2.48. The number of phenolic OH excluding ortho intramolecular Hbond substituents is 1. The molecule has 0 bridgehead atoms. The molecule has 0 aliphatic heterocycles. The van der Waals surface area contributed by atoms with Gasteiger partial charge in [-0.3, -0.25) is 9.36 Å². The van der Waals surface area contributed by atoms with Crippen LogP contribution in [0.15, 0.2) is 60.3 Å². The fraction of sp³-hybridized carbons (Fsp3) is 0.105. The summed E-state index contributed by atoms with van der Waals surface area (Å²) in [6.45, 7) is 4.18. The number of thioether (sulfide) groups is 1. The number of benzene rings is 2. The van der Waals surface area contributed by atoms with Crippen molar-refractivity contribution in [2.24, 2.45) is 0 Å². The van der Waals surface area contributed by atoms with Gasteiger partial charge < -0.3 is 10.4 Å². The molecular weight excluding hydrogens is 419 g/mol. The molecule has 1 aromatic heterocycles. The minimum absolute atomic E-state index is 0.0961. The number of aromatic nitrogens is 3. The van der Waals surface area contributed by atoms with Crippen molar-refractivity contribution in [3.63, 3.8) is 0 Å². The Bertz CT molecular complexity index is 1020. The van der Waals surface area contributed by atoms with Gasteiger partial charge >= 0.3 is 0 Å². The lowest BCUT2D eigenvalue weighted by Gasteiger charge is -2.10. The molecule has 1 amide bonds. The summed E-state index contributed by atoms with van der Waals surface area (Å²) in [7, 11) is 0. The standard InChI is InChI=1S/C19H16Cl2N4O2S/c1-2-10-25-18(12-6-3-4-9-15(12)26)23-24-19(25)28-11-16(27)22-14-8-5-7-13(20)17(14)21/h2-9,26H,1,10-11H2,(H,22,27). The molecule has 0 aliphatic rings. The molecule has 0 aliphatic carbocycles. The molecule has 0 spiro atoms. The van der Waals surface area contributed by atoms with Gasteiger partial charge in [0.25, 0.3) is 0 Å². The van der Waals surface area contributed by atoms with Gasteiger partial charge in [0.05, 0.1) is 27.0 Å². The highest BCUT2D eigenvalue weighted by Crippen LogP contribution is 2.31. The number of rotatable bonds is 7. The zero-order chi connectivity index (χ0) is 20.1. The fourth-order valence-electron chi connectivity index (χ4n) is 2.47. The van der Waals surface area contributed by atoms with E-state index < -0.39 is 0 Å². The molecule has 2 aromatic carbocycles. The monoisotopic (exact) mass is 434 g/mol. The van der Waals surface area contributed by atoms with Crippen LogP contribution < -0.4 is 5.32 Å². The summed E-state index contributed by atoms with van der Waals surface area (Å²) in [5.41, 5.74) is 1.00. The Morgan fingerprint density at radius 3 is 2.75 bits per heavy atom. The molecule has 0 saturated carbocycles. The maximum atomic E-state index is 12.3. The molecule has 9 heteroatoms. The summed E-state index contributed by atoms with van der Waals surface area (Å²) < 4.78 is 1.78. The minimum Gasteiger partial charge on any atom is -0.507 e. The van der Waals surface area contributed by atoms with Gasteiger partial charge in [-0.05, 0) is 24.3 Å². The summed E-state index contributed by atoms with van der Waals surface area (Å²) >= 11 is 13.3. The first-order chi connectivity index (χ1) is 13.5. The van der Waals surface area contributed by atoms with Gasteiger partial charge in [-0.25, -0.2) is 0 Å². The van der Waals surface area contributed by atoms with Crippen molar-refractivity contribution in [1.82, 2.24) is 14.8 Å². The van der Waals surface area contributed by atoms with Crippen molar-refractivity contribution in [2.45, 2.75) is 11.7 Å². The smallest absolute Gasteiger partial charge is 0.234 e. The van der Waals surface area contributed by atoms with Crippen LogP contribution in [0.5, 0.6) is 5.75 Å². The zero-order valence-corrected chi connectivity index (χ0v) is 16.9. The lowest BCUT2D eigenvalue weighted by molar-refractivity contribution is -0.113. The number of carbonyl (C=O) groups is 1. The number of anilines is 1. The molecule has 0 saturated heterocycles. The second-order valence-corrected chi connectivity index (χ2v) is 7.39. The van der Waals surface area contributed by atoms with Crippen LogP contribution in [0.3, 0.4) is 0 Å². The van der Waals surface area contributed by atoms with E-state index in [1.807, 2.05) is 0 Å². The van der Waals surface area contributed by atoms with Crippen molar-refractivity contribution in [2.75, 3.05) is 11.1 Å². The highest BCUT2D eigenvalue weighted by Gasteiger charge is 2.17. The fourth-order valence-corrected chi connectivity index (χ4v) is 3.56. The SMILES string of the molecule is C=CCn1c(SCC(=O)Nc2cccc(Cl)c2Cl)nnc1-c1ccccc1O. The number of nitrogens with zero attached hydrogens (tertiary/aromatic N) is 3. The van der Waals surface area contributed by atoms with Crippen LogP contribution in [0.25, 0.3) is 11.4 Å². The molecular formula is C19H16Cl2N4O2S. The van der Waals surface area contributed by atoms with E-state index in [2.05, 4.69) is 22.1 Å². The van der Waals surface area contributed by atoms with E-state index in [-0.39, 0.29) is 17.4 Å². The van der Waals surface area contributed by atoms with Crippen molar-refractivity contribution >= 4 is 46.6 Å². The molecule has 144 valence electrons. The van der Waals surface area contributed by atoms with Crippen molar-refractivity contribution in [3.8, 4) is 17.1 Å². The number of amides is 1. The molecule has 3 rings (SSSR count). The van der Waals surface area contributed by atoms with Gasteiger partial charge in [0.2, 0.25) is 5.91 Å². The lowest BCUT2D eigenvalue weighted by atomic mass is 10.2. The van der Waals surface area contributed by atoms with E-state index in [4.69, 9.17) is 23.2 Å². The number of nitrogens with one attached hydrogen (secondary N) is 1. The number of carbonyl (C=O) groups excluding carboxylic acids is 1. The van der Waals surface area contributed by atoms with E-state index in [1.165, 1.54) is 11.8 Å². The molecule has 0 atom stereocenters. The van der Waals surface area contributed by atoms with Crippen LogP contribution in [-0.4, -0.2) is 31.5 Å². The summed E-state index contributed by atoms with van der Waals surface area (Å²) in [6.07, 6.45) is 1.70. The second kappa shape index (κ2) is 9.14. The zero-order valence-electron chi connectivity index (χ0n) is 14.6. The summed E-state index contributed by atoms with van der Waals surface area (Å²) in [5.74, 6) is 0.439. The third-order valence-electron chi connectivity index (χ3n) is 3.73. The third kappa shape index (κ3) is 4.49. The number of hydrogen-bond acceptors (Lipinski definition) is 5. The van der Waals surface area contributed by atoms with Crippen molar-refractivity contribution < 1.29 is 9.90 Å². The van der Waals surface area contributed by atoms with Crippen LogP contribution >= 0.6 is 35.0 Å². The summed E-state index contributed by atoms with van der Waals surface area (Å²) in [4.78, 5) is 12.3. The Kier molecular flexibility index (Phi) is 6.61. The average molecular weight is 435 g/mol. The van der Waals surface area contributed by atoms with Gasteiger partial charge in [0, 0.05) is 6.54 Å². The highest BCUT2D eigenvalue weighted by molar-refractivity contribution is 7.99. The highest BCUT2D eigenvalue weighted by atomic mass is 35.5. The van der Waals surface area contributed by atoms with E-state index >= 15 is 0 Å². The number of phenols is 1. The number of halogens is 2. The molecule has 28 heavy (non-hydrogen) atoms. The predicted molar refractivity (Wildman–Crippen MR) is 113 cm³/mol. The van der Waals surface area contributed by atoms with Crippen molar-refractivity contribution in [1.29, 1.82) is 0 Å². The maximum absolute atomic E-state index is 12.3. The molecule has 0 radical (unpaired) electrons. The Morgan fingerprint density at radius 2 is 2.00 bits per heavy atom. The maximum Gasteiger partial charge on any atom is 0.234 e. The van der Waals surface area contributed by atoms with E-state index in [1.54, 1.807) is 53.1 Å². The molecule has 0 unspecified atom stereocenters. The van der Waals surface area contributed by atoms with Crippen LogP contribution in [-0.2, 0) is 11.3 Å². The first-order valence-corrected chi connectivity index (χ1v) is 9.94. The number of allylic oxidation sites excluding steroid dienone is 1. The number of aromatic hydroxyl groups is 1. The molecule has 3 aromatic rings. The molecule has 6 nitrogen and oxygen atoms in total. The second-order valence-electron chi connectivity index (χ2n) is 5.66. The quantitative estimate of drug-likeness (QED) is 0.409. The Labute approximate surface area is 176 Å². The van der Waals surface area contributed by atoms with Crippen LogP contribution in [0.1, 0.15) is 0 Å². The largest absolute Gasteiger partial charge is 0.507 e. The van der Waals surface area contributed by atoms with Crippen LogP contribution in [0.2, 0.25) is 10.0 Å². The first kappa shape index (κ1) is 20.3. The van der Waals surface area contributed by atoms with E-state index in [0.717, 1.165) is 0 Å². The van der Waals surface area contributed by atoms with Gasteiger partial charge in [0.1, 0.15) is 5.75 Å². The Morgan fingerprint density at radius 1 is 1.21 bits per heavy atom. The summed E-state index contributed by atoms with van der Waals surface area (Å²) in [5, 5.41) is 22.3. The number of hydrogen-bond donors (Lipinski definition) is 2. The molecule has 2 N–H and O–H groups in total. The van der Waals surface area contributed by atoms with E-state index in [9.17, 15) is 9.90 Å².